The molecule has 0 unspecified atom stereocenters. The molecule has 0 spiro atoms. The van der Waals surface area contributed by atoms with Crippen LogP contribution in [0.3, 0.4) is 0 Å². The lowest BCUT2D eigenvalue weighted by Crippen LogP contribution is -2.49. The van der Waals surface area contributed by atoms with Gasteiger partial charge in [0.1, 0.15) is 0 Å². The van der Waals surface area contributed by atoms with Crippen molar-refractivity contribution < 1.29 is 9.21 Å². The highest BCUT2D eigenvalue weighted by Crippen LogP contribution is 2.21. The number of likely N-dealkylation sites (N-methyl/N-ethyl adjacent to an activating group) is 1. The van der Waals surface area contributed by atoms with Crippen molar-refractivity contribution in [1.29, 1.82) is 0 Å². The van der Waals surface area contributed by atoms with Crippen LogP contribution in [0.5, 0.6) is 0 Å². The Labute approximate surface area is 117 Å². The Kier molecular flexibility index (Phi) is 4.14. The molecule has 1 heterocycles. The predicted molar refractivity (Wildman–Crippen MR) is 76.1 cm³/mol. The molecule has 2 N–H and O–H groups in total. The van der Waals surface area contributed by atoms with Gasteiger partial charge in [0.05, 0.1) is 5.54 Å². The van der Waals surface area contributed by atoms with Gasteiger partial charge in [0.25, 0.3) is 0 Å². The largest absolute Gasteiger partial charge is 0.423 e. The van der Waals surface area contributed by atoms with E-state index < -0.39 is 5.54 Å². The van der Waals surface area contributed by atoms with Crippen molar-refractivity contribution in [3.8, 4) is 11.5 Å². The van der Waals surface area contributed by atoms with Crippen molar-refractivity contribution in [2.75, 3.05) is 11.9 Å². The number of amides is 1. The topological polar surface area (TPSA) is 80.0 Å². The molecule has 0 aliphatic heterocycles. The first kappa shape index (κ1) is 14.2. The third-order valence-electron chi connectivity index (χ3n) is 2.91. The normalized spacial score (nSPS) is 11.3. The molecule has 0 atom stereocenters. The lowest BCUT2D eigenvalue weighted by molar-refractivity contribution is -0.121. The maximum absolute atomic E-state index is 12.2. The smallest absolute Gasteiger partial charge is 0.247 e. The zero-order valence-corrected chi connectivity index (χ0v) is 11.8. The third-order valence-corrected chi connectivity index (χ3v) is 2.91. The summed E-state index contributed by atoms with van der Waals surface area (Å²) in [6.07, 6.45) is 1.27. The van der Waals surface area contributed by atoms with E-state index in [-0.39, 0.29) is 5.91 Å². The second-order valence-corrected chi connectivity index (χ2v) is 4.93. The standard InChI is InChI=1S/C14H18N4O2/c1-4-15-14(2,3)13(19)17-11-7-5-6-10(8-11)12-18-16-9-20-12/h5-9,15H,4H2,1-3H3,(H,17,19). The summed E-state index contributed by atoms with van der Waals surface area (Å²) in [6, 6.07) is 7.29. The molecule has 0 bridgehead atoms. The van der Waals surface area contributed by atoms with Gasteiger partial charge in [-0.05, 0) is 38.6 Å². The summed E-state index contributed by atoms with van der Waals surface area (Å²) in [4.78, 5) is 12.2. The molecule has 106 valence electrons. The highest BCUT2D eigenvalue weighted by atomic mass is 16.4. The third kappa shape index (κ3) is 3.21. The lowest BCUT2D eigenvalue weighted by atomic mass is 10.0. The molecule has 0 saturated carbocycles. The fraction of sp³-hybridized carbons (Fsp3) is 0.357. The van der Waals surface area contributed by atoms with Crippen molar-refractivity contribution in [2.24, 2.45) is 0 Å². The highest BCUT2D eigenvalue weighted by Gasteiger charge is 2.26. The number of aromatic nitrogens is 2. The van der Waals surface area contributed by atoms with E-state index in [1.165, 1.54) is 6.39 Å². The predicted octanol–water partition coefficient (Wildman–Crippen LogP) is 2.06. The second-order valence-electron chi connectivity index (χ2n) is 4.93. The van der Waals surface area contributed by atoms with Crippen LogP contribution in [0.4, 0.5) is 5.69 Å². The van der Waals surface area contributed by atoms with E-state index in [9.17, 15) is 4.79 Å². The van der Waals surface area contributed by atoms with Crippen LogP contribution in [0, 0.1) is 0 Å². The second kappa shape index (κ2) is 5.83. The summed E-state index contributed by atoms with van der Waals surface area (Å²) >= 11 is 0. The van der Waals surface area contributed by atoms with Crippen LogP contribution in [-0.2, 0) is 4.79 Å². The van der Waals surface area contributed by atoms with Crippen LogP contribution in [0.2, 0.25) is 0 Å². The molecule has 0 aliphatic carbocycles. The van der Waals surface area contributed by atoms with Gasteiger partial charge in [-0.1, -0.05) is 13.0 Å². The number of nitrogens with zero attached hydrogens (tertiary/aromatic N) is 2. The number of carbonyl (C=O) groups excluding carboxylic acids is 1. The fourth-order valence-corrected chi connectivity index (χ4v) is 1.84. The Hall–Kier alpha value is -2.21. The maximum atomic E-state index is 12.2. The monoisotopic (exact) mass is 274 g/mol. The van der Waals surface area contributed by atoms with Gasteiger partial charge in [0.15, 0.2) is 0 Å². The molecule has 6 heteroatoms. The molecular formula is C14H18N4O2. The van der Waals surface area contributed by atoms with Crippen LogP contribution in [0.25, 0.3) is 11.5 Å². The molecule has 0 saturated heterocycles. The number of hydrogen-bond donors (Lipinski definition) is 2. The molecule has 1 amide bonds. The number of carbonyl (C=O) groups is 1. The van der Waals surface area contributed by atoms with Crippen LogP contribution < -0.4 is 10.6 Å². The lowest BCUT2D eigenvalue weighted by Gasteiger charge is -2.24. The molecule has 6 nitrogen and oxygen atoms in total. The van der Waals surface area contributed by atoms with Crippen molar-refractivity contribution in [3.63, 3.8) is 0 Å². The first-order chi connectivity index (χ1) is 9.53. The zero-order valence-electron chi connectivity index (χ0n) is 11.8. The van der Waals surface area contributed by atoms with Crippen LogP contribution in [-0.4, -0.2) is 28.2 Å². The first-order valence-electron chi connectivity index (χ1n) is 6.46. The molecule has 1 aromatic heterocycles. The molecule has 20 heavy (non-hydrogen) atoms. The van der Waals surface area contributed by atoms with Gasteiger partial charge in [-0.15, -0.1) is 10.2 Å². The molecule has 0 radical (unpaired) electrons. The van der Waals surface area contributed by atoms with E-state index in [0.29, 0.717) is 11.6 Å². The molecule has 0 aliphatic rings. The maximum Gasteiger partial charge on any atom is 0.247 e. The Morgan fingerprint density at radius 2 is 2.20 bits per heavy atom. The Morgan fingerprint density at radius 1 is 1.40 bits per heavy atom. The van der Waals surface area contributed by atoms with E-state index in [1.54, 1.807) is 6.07 Å². The zero-order chi connectivity index (χ0) is 14.6. The van der Waals surface area contributed by atoms with Gasteiger partial charge in [-0.25, -0.2) is 0 Å². The summed E-state index contributed by atoms with van der Waals surface area (Å²) in [5.74, 6) is 0.328. The van der Waals surface area contributed by atoms with Gasteiger partial charge >= 0.3 is 0 Å². The van der Waals surface area contributed by atoms with Gasteiger partial charge in [-0.2, -0.15) is 0 Å². The molecule has 2 rings (SSSR count). The van der Waals surface area contributed by atoms with E-state index >= 15 is 0 Å². The molecular weight excluding hydrogens is 256 g/mol. The Morgan fingerprint density at radius 3 is 2.85 bits per heavy atom. The number of nitrogens with one attached hydrogen (secondary N) is 2. The fourth-order valence-electron chi connectivity index (χ4n) is 1.84. The van der Waals surface area contributed by atoms with E-state index in [0.717, 1.165) is 12.1 Å². The molecule has 0 fully saturated rings. The molecule has 2 aromatic rings. The van der Waals surface area contributed by atoms with Gasteiger partial charge in [0.2, 0.25) is 18.2 Å². The quantitative estimate of drug-likeness (QED) is 0.872. The van der Waals surface area contributed by atoms with Gasteiger partial charge in [-0.3, -0.25) is 4.79 Å². The summed E-state index contributed by atoms with van der Waals surface area (Å²) in [6.45, 7) is 6.37. The van der Waals surface area contributed by atoms with Crippen molar-refractivity contribution in [1.82, 2.24) is 15.5 Å². The average molecular weight is 274 g/mol. The minimum absolute atomic E-state index is 0.0953. The molecule has 1 aromatic carbocycles. The Balaban J connectivity index is 2.14. The highest BCUT2D eigenvalue weighted by molar-refractivity contribution is 5.97. The van der Waals surface area contributed by atoms with E-state index in [4.69, 9.17) is 4.42 Å². The summed E-state index contributed by atoms with van der Waals surface area (Å²) < 4.78 is 5.14. The minimum atomic E-state index is -0.630. The number of benzene rings is 1. The van der Waals surface area contributed by atoms with Crippen LogP contribution in [0.15, 0.2) is 35.1 Å². The van der Waals surface area contributed by atoms with Crippen molar-refractivity contribution in [3.05, 3.63) is 30.7 Å². The van der Waals surface area contributed by atoms with Gasteiger partial charge < -0.3 is 15.1 Å². The van der Waals surface area contributed by atoms with Gasteiger partial charge in [0, 0.05) is 11.3 Å². The van der Waals surface area contributed by atoms with Crippen LogP contribution >= 0.6 is 0 Å². The summed E-state index contributed by atoms with van der Waals surface area (Å²) in [5.41, 5.74) is 0.827. The Bertz CT molecular complexity index is 579. The SMILES string of the molecule is CCNC(C)(C)C(=O)Nc1cccc(-c2nnco2)c1. The average Bonchev–Trinajstić information content (AvgIpc) is 2.93. The number of anilines is 1. The number of hydrogen-bond acceptors (Lipinski definition) is 5. The summed E-state index contributed by atoms with van der Waals surface area (Å²) in [5, 5.41) is 13.5. The minimum Gasteiger partial charge on any atom is -0.423 e. The van der Waals surface area contributed by atoms with E-state index in [1.807, 2.05) is 39.0 Å². The first-order valence-corrected chi connectivity index (χ1v) is 6.46. The van der Waals surface area contributed by atoms with Crippen LogP contribution in [0.1, 0.15) is 20.8 Å². The summed E-state index contributed by atoms with van der Waals surface area (Å²) in [7, 11) is 0. The number of rotatable bonds is 5. The van der Waals surface area contributed by atoms with E-state index in [2.05, 4.69) is 20.8 Å². The van der Waals surface area contributed by atoms with Crippen molar-refractivity contribution >= 4 is 11.6 Å². The van der Waals surface area contributed by atoms with Crippen molar-refractivity contribution in [2.45, 2.75) is 26.3 Å².